The fourth-order valence-corrected chi connectivity index (χ4v) is 3.13. The van der Waals surface area contributed by atoms with Crippen molar-refractivity contribution >= 4 is 17.8 Å². The van der Waals surface area contributed by atoms with Crippen molar-refractivity contribution in [3.05, 3.63) is 12.2 Å². The van der Waals surface area contributed by atoms with E-state index in [9.17, 15) is 24.8 Å². The lowest BCUT2D eigenvalue weighted by molar-refractivity contribution is -0.128. The summed E-state index contributed by atoms with van der Waals surface area (Å²) in [6.45, 7) is 4.93. The predicted molar refractivity (Wildman–Crippen MR) is 83.5 cm³/mol. The number of nitrogens with one attached hydrogen (secondary N) is 1. The van der Waals surface area contributed by atoms with E-state index in [-0.39, 0.29) is 18.1 Å². The molecule has 0 aromatic rings. The Morgan fingerprint density at radius 3 is 2.57 bits per heavy atom. The molecule has 0 unspecified atom stereocenters. The Balaban J connectivity index is 3.29. The molecule has 1 fully saturated rings. The molecule has 1 aliphatic heterocycles. The van der Waals surface area contributed by atoms with Gasteiger partial charge in [-0.2, -0.15) is 5.26 Å². The van der Waals surface area contributed by atoms with E-state index in [1.165, 1.54) is 6.92 Å². The first-order valence-corrected chi connectivity index (χ1v) is 7.70. The minimum atomic E-state index is -1.26. The van der Waals surface area contributed by atoms with Crippen molar-refractivity contribution in [3.63, 3.8) is 0 Å². The number of hydrogen-bond donors (Lipinski definition) is 2. The van der Waals surface area contributed by atoms with E-state index < -0.39 is 30.1 Å². The molecule has 0 bridgehead atoms. The fourth-order valence-electron chi connectivity index (χ4n) is 3.13. The number of nitrogens with zero attached hydrogens (tertiary/aromatic N) is 2. The zero-order chi connectivity index (χ0) is 17.6. The minimum Gasteiger partial charge on any atom is -0.465 e. The number of ketones is 1. The Labute approximate surface area is 135 Å². The van der Waals surface area contributed by atoms with Gasteiger partial charge in [0, 0.05) is 19.3 Å². The lowest BCUT2D eigenvalue weighted by atomic mass is 9.89. The number of likely N-dealkylation sites (tertiary alicyclic amines) is 1. The molecule has 0 radical (unpaired) electrons. The maximum atomic E-state index is 12.4. The van der Waals surface area contributed by atoms with Gasteiger partial charge in [0.2, 0.25) is 5.91 Å². The van der Waals surface area contributed by atoms with E-state index in [2.05, 4.69) is 5.32 Å². The van der Waals surface area contributed by atoms with Gasteiger partial charge in [-0.15, -0.1) is 0 Å². The van der Waals surface area contributed by atoms with Crippen molar-refractivity contribution in [3.8, 4) is 6.07 Å². The Morgan fingerprint density at radius 2 is 2.13 bits per heavy atom. The Hall–Kier alpha value is -2.36. The molecule has 7 heteroatoms. The lowest BCUT2D eigenvalue weighted by Gasteiger charge is -2.32. The van der Waals surface area contributed by atoms with Crippen molar-refractivity contribution in [2.24, 2.45) is 5.92 Å². The van der Waals surface area contributed by atoms with Crippen LogP contribution in [0.2, 0.25) is 0 Å². The van der Waals surface area contributed by atoms with Gasteiger partial charge in [0.25, 0.3) is 0 Å². The zero-order valence-corrected chi connectivity index (χ0v) is 13.7. The van der Waals surface area contributed by atoms with Crippen LogP contribution in [-0.4, -0.2) is 45.9 Å². The normalized spacial score (nSPS) is 25.1. The van der Waals surface area contributed by atoms with Gasteiger partial charge in [-0.25, -0.2) is 4.79 Å². The molecule has 7 nitrogen and oxygen atoms in total. The van der Waals surface area contributed by atoms with Gasteiger partial charge in [0.1, 0.15) is 12.1 Å². The highest BCUT2D eigenvalue weighted by Crippen LogP contribution is 2.33. The van der Waals surface area contributed by atoms with Crippen LogP contribution in [0.15, 0.2) is 12.2 Å². The molecule has 1 saturated heterocycles. The fraction of sp³-hybridized carbons (Fsp3) is 0.625. The molecule has 0 aliphatic carbocycles. The van der Waals surface area contributed by atoms with Crippen LogP contribution in [0.3, 0.4) is 0 Å². The molecule has 126 valence electrons. The number of hydrogen-bond acceptors (Lipinski definition) is 4. The summed E-state index contributed by atoms with van der Waals surface area (Å²) in [6.07, 6.45) is 3.47. The Kier molecular flexibility index (Phi) is 6.76. The van der Waals surface area contributed by atoms with E-state index >= 15 is 0 Å². The Morgan fingerprint density at radius 1 is 1.48 bits per heavy atom. The third-order valence-corrected chi connectivity index (χ3v) is 3.94. The standard InChI is InChI=1S/C16H23N3O4/c1-4-6-11-8-12(9-17)19(16(22)23)15(11)14(18-10(3)20)13(21)7-5-2/h4,6,11-12,14-15H,5,7-8H2,1-3H3,(H,18,20)(H,22,23)/t11-,12-,14+,15-/m1/s1. The number of allylic oxidation sites excluding steroid dienone is 1. The summed E-state index contributed by atoms with van der Waals surface area (Å²) in [5, 5.41) is 21.3. The molecule has 1 aliphatic rings. The first-order chi connectivity index (χ1) is 10.9. The second-order valence-electron chi connectivity index (χ2n) is 5.65. The molecule has 0 spiro atoms. The molecule has 23 heavy (non-hydrogen) atoms. The average Bonchev–Trinajstić information content (AvgIpc) is 2.83. The van der Waals surface area contributed by atoms with Gasteiger partial charge in [-0.05, 0) is 19.8 Å². The molecular formula is C16H23N3O4. The van der Waals surface area contributed by atoms with Crippen molar-refractivity contribution < 1.29 is 19.5 Å². The molecule has 1 heterocycles. The summed E-state index contributed by atoms with van der Waals surface area (Å²) >= 11 is 0. The van der Waals surface area contributed by atoms with Crippen LogP contribution in [-0.2, 0) is 9.59 Å². The number of nitriles is 1. The van der Waals surface area contributed by atoms with Gasteiger partial charge in [-0.3, -0.25) is 14.5 Å². The highest BCUT2D eigenvalue weighted by Gasteiger charge is 2.48. The molecule has 2 N–H and O–H groups in total. The summed E-state index contributed by atoms with van der Waals surface area (Å²) in [7, 11) is 0. The van der Waals surface area contributed by atoms with Gasteiger partial charge in [0.05, 0.1) is 12.1 Å². The summed E-state index contributed by atoms with van der Waals surface area (Å²) in [4.78, 5) is 36.6. The lowest BCUT2D eigenvalue weighted by Crippen LogP contribution is -2.57. The number of carboxylic acid groups (broad SMARTS) is 1. The molecule has 2 amide bonds. The van der Waals surface area contributed by atoms with Gasteiger partial charge < -0.3 is 10.4 Å². The molecular weight excluding hydrogens is 298 g/mol. The highest BCUT2D eigenvalue weighted by atomic mass is 16.4. The van der Waals surface area contributed by atoms with Gasteiger partial charge >= 0.3 is 6.09 Å². The van der Waals surface area contributed by atoms with E-state index in [1.807, 2.05) is 13.0 Å². The van der Waals surface area contributed by atoms with Crippen molar-refractivity contribution in [2.45, 2.75) is 58.2 Å². The maximum absolute atomic E-state index is 12.4. The van der Waals surface area contributed by atoms with Crippen molar-refractivity contribution in [1.29, 1.82) is 5.26 Å². The van der Waals surface area contributed by atoms with E-state index in [0.717, 1.165) is 4.90 Å². The largest absolute Gasteiger partial charge is 0.465 e. The summed E-state index contributed by atoms with van der Waals surface area (Å²) in [6, 6.07) is -0.558. The minimum absolute atomic E-state index is 0.216. The highest BCUT2D eigenvalue weighted by molar-refractivity contribution is 5.89. The molecule has 0 aromatic heterocycles. The monoisotopic (exact) mass is 321 g/mol. The van der Waals surface area contributed by atoms with Crippen LogP contribution in [0, 0.1) is 17.2 Å². The Bertz CT molecular complexity index is 538. The number of carbonyl (C=O) groups is 3. The van der Waals surface area contributed by atoms with Crippen LogP contribution in [0.25, 0.3) is 0 Å². The van der Waals surface area contributed by atoms with E-state index in [0.29, 0.717) is 12.8 Å². The van der Waals surface area contributed by atoms with Gasteiger partial charge in [0.15, 0.2) is 5.78 Å². The van der Waals surface area contributed by atoms with E-state index in [4.69, 9.17) is 0 Å². The van der Waals surface area contributed by atoms with Crippen molar-refractivity contribution in [1.82, 2.24) is 10.2 Å². The first-order valence-electron chi connectivity index (χ1n) is 7.70. The van der Waals surface area contributed by atoms with Crippen LogP contribution in [0.4, 0.5) is 4.79 Å². The molecule has 0 aromatic carbocycles. The molecule has 4 atom stereocenters. The topological polar surface area (TPSA) is 110 Å². The zero-order valence-electron chi connectivity index (χ0n) is 13.7. The second kappa shape index (κ2) is 8.32. The van der Waals surface area contributed by atoms with Crippen molar-refractivity contribution in [2.75, 3.05) is 0 Å². The molecule has 1 rings (SSSR count). The first kappa shape index (κ1) is 18.7. The predicted octanol–water partition coefficient (Wildman–Crippen LogP) is 1.70. The quantitative estimate of drug-likeness (QED) is 0.723. The van der Waals surface area contributed by atoms with Crippen LogP contribution >= 0.6 is 0 Å². The summed E-state index contributed by atoms with van der Waals surface area (Å²) in [5.74, 6) is -0.908. The van der Waals surface area contributed by atoms with E-state index in [1.54, 1.807) is 19.1 Å². The van der Waals surface area contributed by atoms with Crippen LogP contribution in [0.1, 0.15) is 40.0 Å². The second-order valence-corrected chi connectivity index (χ2v) is 5.65. The number of amides is 2. The van der Waals surface area contributed by atoms with Crippen LogP contribution < -0.4 is 5.32 Å². The summed E-state index contributed by atoms with van der Waals surface area (Å²) < 4.78 is 0. The number of rotatable bonds is 6. The molecule has 0 saturated carbocycles. The summed E-state index contributed by atoms with van der Waals surface area (Å²) in [5.41, 5.74) is 0. The SMILES string of the molecule is CC=C[C@@H]1C[C@H](C#N)N(C(=O)O)[C@H]1[C@@H](NC(C)=O)C(=O)CCC. The van der Waals surface area contributed by atoms with Gasteiger partial charge in [-0.1, -0.05) is 19.1 Å². The smallest absolute Gasteiger partial charge is 0.408 e. The third kappa shape index (κ3) is 4.31. The third-order valence-electron chi connectivity index (χ3n) is 3.94. The van der Waals surface area contributed by atoms with Crippen LogP contribution in [0.5, 0.6) is 0 Å². The number of Topliss-reactive ketones (excluding diaryl/α,β-unsaturated/α-hetero) is 1. The maximum Gasteiger partial charge on any atom is 0.408 e. The average molecular weight is 321 g/mol. The number of carbonyl (C=O) groups excluding carboxylic acids is 2.